The number of thioether (sulfide) groups is 1. The maximum absolute atomic E-state index is 4.51. The first-order valence-corrected chi connectivity index (χ1v) is 7.25. The molecule has 0 radical (unpaired) electrons. The largest absolute Gasteiger partial charge is 0.260 e. The van der Waals surface area contributed by atoms with Crippen molar-refractivity contribution in [1.82, 2.24) is 24.6 Å². The van der Waals surface area contributed by atoms with Crippen molar-refractivity contribution in [3.8, 4) is 0 Å². The zero-order chi connectivity index (χ0) is 13.4. The second-order valence-corrected chi connectivity index (χ2v) is 5.32. The van der Waals surface area contributed by atoms with E-state index in [0.29, 0.717) is 0 Å². The lowest BCUT2D eigenvalue weighted by Gasteiger charge is -1.99. The van der Waals surface area contributed by atoms with Crippen LogP contribution in [0.5, 0.6) is 0 Å². The van der Waals surface area contributed by atoms with E-state index in [9.17, 15) is 0 Å². The Morgan fingerprint density at radius 3 is 2.90 bits per heavy atom. The molecule has 0 aliphatic carbocycles. The lowest BCUT2D eigenvalue weighted by molar-refractivity contribution is 0.939. The van der Waals surface area contributed by atoms with Crippen LogP contribution < -0.4 is 0 Å². The molecule has 0 saturated heterocycles. The van der Waals surface area contributed by atoms with Crippen molar-refractivity contribution < 1.29 is 0 Å². The highest BCUT2D eigenvalue weighted by Crippen LogP contribution is 2.24. The molecule has 0 aliphatic heterocycles. The van der Waals surface area contributed by atoms with Crippen LogP contribution in [0.25, 0.3) is 16.8 Å². The molecule has 5 nitrogen and oxygen atoms in total. The van der Waals surface area contributed by atoms with Crippen LogP contribution in [0.2, 0.25) is 0 Å². The molecule has 3 aromatic heterocycles. The third-order valence-corrected chi connectivity index (χ3v) is 4.05. The van der Waals surface area contributed by atoms with Crippen LogP contribution in [0.4, 0.5) is 0 Å². The van der Waals surface area contributed by atoms with Gasteiger partial charge in [0.2, 0.25) is 5.78 Å². The Kier molecular flexibility index (Phi) is 2.67. The number of rotatable bonds is 3. The molecule has 6 heteroatoms. The molecule has 20 heavy (non-hydrogen) atoms. The van der Waals surface area contributed by atoms with E-state index in [2.05, 4.69) is 26.2 Å². The third kappa shape index (κ3) is 1.85. The fourth-order valence-electron chi connectivity index (χ4n) is 2.16. The molecule has 0 fully saturated rings. The van der Waals surface area contributed by atoms with Gasteiger partial charge in [0, 0.05) is 11.9 Å². The Morgan fingerprint density at radius 1 is 1.10 bits per heavy atom. The molecule has 0 aliphatic rings. The van der Waals surface area contributed by atoms with Crippen LogP contribution in [0.1, 0.15) is 5.69 Å². The number of para-hydroxylation sites is 2. The van der Waals surface area contributed by atoms with Crippen molar-refractivity contribution in [1.29, 1.82) is 0 Å². The highest BCUT2D eigenvalue weighted by molar-refractivity contribution is 7.98. The van der Waals surface area contributed by atoms with Gasteiger partial charge in [-0.15, -0.1) is 5.10 Å². The fraction of sp³-hybridized carbons (Fsp3) is 0.0714. The molecule has 4 rings (SSSR count). The number of hydrogen-bond acceptors (Lipinski definition) is 4. The van der Waals surface area contributed by atoms with E-state index in [-0.39, 0.29) is 0 Å². The minimum atomic E-state index is 0.773. The van der Waals surface area contributed by atoms with Crippen molar-refractivity contribution in [2.45, 2.75) is 10.9 Å². The average molecular weight is 281 g/mol. The minimum absolute atomic E-state index is 0.773. The predicted octanol–water partition coefficient (Wildman–Crippen LogP) is 2.90. The summed E-state index contributed by atoms with van der Waals surface area (Å²) in [4.78, 5) is 8.83. The Balaban J connectivity index is 1.73. The Labute approximate surface area is 119 Å². The first-order valence-electron chi connectivity index (χ1n) is 6.26. The van der Waals surface area contributed by atoms with Gasteiger partial charge in [-0.25, -0.2) is 10.1 Å². The lowest BCUT2D eigenvalue weighted by atomic mass is 10.3. The molecule has 0 saturated carbocycles. The number of H-pyrrole nitrogens is 1. The van der Waals surface area contributed by atoms with Gasteiger partial charge in [0.05, 0.1) is 16.7 Å². The number of hydrogen-bond donors (Lipinski definition) is 1. The van der Waals surface area contributed by atoms with Gasteiger partial charge in [-0.05, 0) is 24.3 Å². The molecule has 1 aromatic carbocycles. The molecule has 0 unspecified atom stereocenters. The molecule has 0 bridgehead atoms. The van der Waals surface area contributed by atoms with Crippen molar-refractivity contribution in [2.75, 3.05) is 0 Å². The Hall–Kier alpha value is -2.34. The SMILES string of the molecule is c1ccc(CSc2n[nH]c3nc4ccccc4n23)nc1. The summed E-state index contributed by atoms with van der Waals surface area (Å²) in [5.74, 6) is 1.56. The summed E-state index contributed by atoms with van der Waals surface area (Å²) in [6, 6.07) is 14.0. The van der Waals surface area contributed by atoms with Gasteiger partial charge in [-0.3, -0.25) is 9.38 Å². The van der Waals surface area contributed by atoms with E-state index >= 15 is 0 Å². The fourth-order valence-corrected chi connectivity index (χ4v) is 3.03. The smallest absolute Gasteiger partial charge is 0.231 e. The van der Waals surface area contributed by atoms with E-state index in [0.717, 1.165) is 33.4 Å². The monoisotopic (exact) mass is 281 g/mol. The van der Waals surface area contributed by atoms with Gasteiger partial charge in [0.25, 0.3) is 0 Å². The summed E-state index contributed by atoms with van der Waals surface area (Å²) in [6.07, 6.45) is 1.81. The van der Waals surface area contributed by atoms with Gasteiger partial charge < -0.3 is 0 Å². The van der Waals surface area contributed by atoms with Crippen LogP contribution in [0.15, 0.2) is 53.8 Å². The van der Waals surface area contributed by atoms with Crippen molar-refractivity contribution in [3.05, 3.63) is 54.4 Å². The van der Waals surface area contributed by atoms with Crippen LogP contribution >= 0.6 is 11.8 Å². The predicted molar refractivity (Wildman–Crippen MR) is 78.6 cm³/mol. The standard InChI is InChI=1S/C14H11N5S/c1-2-7-12-11(6-1)16-13-17-18-14(19(12)13)20-9-10-5-3-4-8-15-10/h1-8H,9H2,(H,16,17). The lowest BCUT2D eigenvalue weighted by Crippen LogP contribution is -1.88. The summed E-state index contributed by atoms with van der Waals surface area (Å²) in [7, 11) is 0. The van der Waals surface area contributed by atoms with E-state index in [1.807, 2.05) is 47.0 Å². The summed E-state index contributed by atoms with van der Waals surface area (Å²) in [5.41, 5.74) is 3.08. The highest BCUT2D eigenvalue weighted by Gasteiger charge is 2.11. The molecule has 0 amide bonds. The van der Waals surface area contributed by atoms with Gasteiger partial charge in [-0.1, -0.05) is 30.0 Å². The molecular formula is C14H11N5S. The van der Waals surface area contributed by atoms with Crippen LogP contribution in [-0.2, 0) is 5.75 Å². The topological polar surface area (TPSA) is 58.9 Å². The summed E-state index contributed by atoms with van der Waals surface area (Å²) in [5, 5.41) is 8.21. The van der Waals surface area contributed by atoms with E-state index in [1.165, 1.54) is 0 Å². The van der Waals surface area contributed by atoms with Crippen LogP contribution in [-0.4, -0.2) is 24.6 Å². The zero-order valence-corrected chi connectivity index (χ0v) is 11.3. The average Bonchev–Trinajstić information content (AvgIpc) is 3.05. The van der Waals surface area contributed by atoms with Crippen LogP contribution in [0.3, 0.4) is 0 Å². The maximum atomic E-state index is 4.51. The molecule has 3 heterocycles. The van der Waals surface area contributed by atoms with Gasteiger partial charge in [-0.2, -0.15) is 0 Å². The normalized spacial score (nSPS) is 11.4. The summed E-state index contributed by atoms with van der Waals surface area (Å²) < 4.78 is 2.04. The molecule has 4 aromatic rings. The molecule has 0 atom stereocenters. The molecular weight excluding hydrogens is 270 g/mol. The number of fused-ring (bicyclic) bond motifs is 3. The Bertz CT molecular complexity index is 865. The van der Waals surface area contributed by atoms with Crippen molar-refractivity contribution in [3.63, 3.8) is 0 Å². The number of pyridine rings is 1. The number of aromatic nitrogens is 5. The highest BCUT2D eigenvalue weighted by atomic mass is 32.2. The number of nitrogens with zero attached hydrogens (tertiary/aromatic N) is 4. The minimum Gasteiger partial charge on any atom is -0.260 e. The van der Waals surface area contributed by atoms with Gasteiger partial charge in [0.15, 0.2) is 5.16 Å². The molecule has 1 N–H and O–H groups in total. The Morgan fingerprint density at radius 2 is 2.00 bits per heavy atom. The third-order valence-electron chi connectivity index (χ3n) is 3.08. The van der Waals surface area contributed by atoms with E-state index in [4.69, 9.17) is 0 Å². The molecule has 98 valence electrons. The number of benzene rings is 1. The second kappa shape index (κ2) is 4.64. The quantitative estimate of drug-likeness (QED) is 0.587. The number of imidazole rings is 1. The van der Waals surface area contributed by atoms with E-state index < -0.39 is 0 Å². The number of nitrogens with one attached hydrogen (secondary N) is 1. The summed E-state index contributed by atoms with van der Waals surface area (Å²) >= 11 is 1.65. The summed E-state index contributed by atoms with van der Waals surface area (Å²) in [6.45, 7) is 0. The van der Waals surface area contributed by atoms with Crippen molar-refractivity contribution >= 4 is 28.6 Å². The second-order valence-electron chi connectivity index (χ2n) is 4.38. The van der Waals surface area contributed by atoms with Crippen LogP contribution in [0, 0.1) is 0 Å². The van der Waals surface area contributed by atoms with Crippen molar-refractivity contribution in [2.24, 2.45) is 0 Å². The molecule has 0 spiro atoms. The number of aromatic amines is 1. The maximum Gasteiger partial charge on any atom is 0.231 e. The van der Waals surface area contributed by atoms with Gasteiger partial charge in [0.1, 0.15) is 0 Å². The first-order chi connectivity index (χ1) is 9.92. The van der Waals surface area contributed by atoms with E-state index in [1.54, 1.807) is 11.8 Å². The van der Waals surface area contributed by atoms with Gasteiger partial charge >= 0.3 is 0 Å². The zero-order valence-electron chi connectivity index (χ0n) is 10.5. The first kappa shape index (κ1) is 11.5.